The van der Waals surface area contributed by atoms with Gasteiger partial charge in [0.05, 0.1) is 7.11 Å². The zero-order valence-electron chi connectivity index (χ0n) is 13.6. The molecule has 0 aliphatic carbocycles. The lowest BCUT2D eigenvalue weighted by Gasteiger charge is -2.32. The van der Waals surface area contributed by atoms with Crippen LogP contribution in [0.25, 0.3) is 0 Å². The second kappa shape index (κ2) is 6.97. The maximum absolute atomic E-state index is 5.24. The molecule has 0 radical (unpaired) electrons. The van der Waals surface area contributed by atoms with Gasteiger partial charge in [-0.1, -0.05) is 42.0 Å². The lowest BCUT2D eigenvalue weighted by molar-refractivity contribution is 0.204. The highest BCUT2D eigenvalue weighted by molar-refractivity contribution is 5.29. The molecular weight excluding hydrogens is 270 g/mol. The Bertz CT molecular complexity index is 580. The van der Waals surface area contributed by atoms with Gasteiger partial charge in [-0.25, -0.2) is 0 Å². The summed E-state index contributed by atoms with van der Waals surface area (Å²) >= 11 is 0. The molecule has 0 bridgehead atoms. The maximum Gasteiger partial charge on any atom is 0.118 e. The molecule has 1 aliphatic rings. The first-order valence-electron chi connectivity index (χ1n) is 8.16. The number of aryl methyl sites for hydroxylation is 1. The van der Waals surface area contributed by atoms with Gasteiger partial charge in [0, 0.05) is 6.54 Å². The molecule has 1 fully saturated rings. The van der Waals surface area contributed by atoms with Crippen LogP contribution in [0.5, 0.6) is 5.75 Å². The molecule has 0 atom stereocenters. The normalized spacial score (nSPS) is 16.6. The zero-order chi connectivity index (χ0) is 15.4. The monoisotopic (exact) mass is 295 g/mol. The van der Waals surface area contributed by atoms with Crippen LogP contribution in [-0.2, 0) is 6.54 Å². The number of hydrogen-bond donors (Lipinski definition) is 0. The number of methoxy groups -OCH3 is 1. The molecule has 2 nitrogen and oxygen atoms in total. The zero-order valence-corrected chi connectivity index (χ0v) is 13.6. The van der Waals surface area contributed by atoms with Crippen molar-refractivity contribution < 1.29 is 4.74 Å². The van der Waals surface area contributed by atoms with Crippen LogP contribution < -0.4 is 4.74 Å². The van der Waals surface area contributed by atoms with E-state index in [4.69, 9.17) is 4.74 Å². The quantitative estimate of drug-likeness (QED) is 0.830. The number of hydrogen-bond acceptors (Lipinski definition) is 2. The standard InChI is InChI=1S/C20H25NO/c1-16-3-5-17(6-4-16)15-21-13-11-19(12-14-21)18-7-9-20(22-2)10-8-18/h3-10,19H,11-15H2,1-2H3. The maximum atomic E-state index is 5.24. The number of benzene rings is 2. The lowest BCUT2D eigenvalue weighted by Crippen LogP contribution is -2.32. The highest BCUT2D eigenvalue weighted by Gasteiger charge is 2.20. The van der Waals surface area contributed by atoms with Gasteiger partial charge in [-0.3, -0.25) is 4.90 Å². The predicted molar refractivity (Wildman–Crippen MR) is 91.4 cm³/mol. The van der Waals surface area contributed by atoms with Crippen LogP contribution in [0.3, 0.4) is 0 Å². The summed E-state index contributed by atoms with van der Waals surface area (Å²) in [7, 11) is 1.72. The van der Waals surface area contributed by atoms with E-state index < -0.39 is 0 Å². The van der Waals surface area contributed by atoms with E-state index >= 15 is 0 Å². The SMILES string of the molecule is COc1ccc(C2CCN(Cc3ccc(C)cc3)CC2)cc1. The van der Waals surface area contributed by atoms with Gasteiger partial charge in [-0.05, 0) is 62.0 Å². The molecule has 3 rings (SSSR count). The third kappa shape index (κ3) is 3.69. The van der Waals surface area contributed by atoms with E-state index in [1.54, 1.807) is 7.11 Å². The Labute approximate surface area is 133 Å². The van der Waals surface area contributed by atoms with Crippen molar-refractivity contribution in [3.8, 4) is 5.75 Å². The van der Waals surface area contributed by atoms with E-state index in [2.05, 4.69) is 60.4 Å². The van der Waals surface area contributed by atoms with Gasteiger partial charge in [-0.15, -0.1) is 0 Å². The fourth-order valence-electron chi connectivity index (χ4n) is 3.25. The Morgan fingerprint density at radius 3 is 2.18 bits per heavy atom. The first-order chi connectivity index (χ1) is 10.7. The van der Waals surface area contributed by atoms with Crippen LogP contribution in [0, 0.1) is 6.92 Å². The fraction of sp³-hybridized carbons (Fsp3) is 0.400. The number of nitrogens with zero attached hydrogens (tertiary/aromatic N) is 1. The molecule has 0 saturated carbocycles. The average Bonchev–Trinajstić information content (AvgIpc) is 2.58. The van der Waals surface area contributed by atoms with Crippen molar-refractivity contribution in [1.29, 1.82) is 0 Å². The first-order valence-corrected chi connectivity index (χ1v) is 8.16. The summed E-state index contributed by atoms with van der Waals surface area (Å²) in [6.07, 6.45) is 2.50. The first kappa shape index (κ1) is 15.1. The van der Waals surface area contributed by atoms with Crippen molar-refractivity contribution in [1.82, 2.24) is 4.90 Å². The molecule has 0 N–H and O–H groups in total. The molecule has 1 aliphatic heterocycles. The highest BCUT2D eigenvalue weighted by Crippen LogP contribution is 2.29. The molecule has 0 amide bonds. The second-order valence-corrected chi connectivity index (χ2v) is 6.31. The van der Waals surface area contributed by atoms with Gasteiger partial charge in [-0.2, -0.15) is 0 Å². The van der Waals surface area contributed by atoms with Crippen molar-refractivity contribution in [3.05, 3.63) is 65.2 Å². The molecule has 0 spiro atoms. The molecule has 0 aromatic heterocycles. The van der Waals surface area contributed by atoms with Crippen molar-refractivity contribution in [2.75, 3.05) is 20.2 Å². The van der Waals surface area contributed by atoms with Crippen molar-refractivity contribution in [2.24, 2.45) is 0 Å². The summed E-state index contributed by atoms with van der Waals surface area (Å²) in [6.45, 7) is 5.59. The smallest absolute Gasteiger partial charge is 0.118 e. The largest absolute Gasteiger partial charge is 0.497 e. The molecule has 0 unspecified atom stereocenters. The molecule has 2 aromatic rings. The lowest BCUT2D eigenvalue weighted by atomic mass is 9.89. The Morgan fingerprint density at radius 1 is 0.955 bits per heavy atom. The van der Waals surface area contributed by atoms with Gasteiger partial charge in [0.25, 0.3) is 0 Å². The summed E-state index contributed by atoms with van der Waals surface area (Å²) in [4.78, 5) is 2.57. The van der Waals surface area contributed by atoms with Gasteiger partial charge in [0.1, 0.15) is 5.75 Å². The minimum atomic E-state index is 0.695. The van der Waals surface area contributed by atoms with Gasteiger partial charge < -0.3 is 4.74 Å². The van der Waals surface area contributed by atoms with E-state index in [0.717, 1.165) is 12.3 Å². The van der Waals surface area contributed by atoms with Crippen LogP contribution in [0.2, 0.25) is 0 Å². The van der Waals surface area contributed by atoms with Gasteiger partial charge in [0.15, 0.2) is 0 Å². The van der Waals surface area contributed by atoms with E-state index in [0.29, 0.717) is 5.92 Å². The molecule has 2 aromatic carbocycles. The average molecular weight is 295 g/mol. The summed E-state index contributed by atoms with van der Waals surface area (Å²) in [5.74, 6) is 1.64. The Hall–Kier alpha value is -1.80. The van der Waals surface area contributed by atoms with E-state index in [-0.39, 0.29) is 0 Å². The van der Waals surface area contributed by atoms with E-state index in [1.807, 2.05) is 0 Å². The molecule has 116 valence electrons. The highest BCUT2D eigenvalue weighted by atomic mass is 16.5. The Balaban J connectivity index is 1.54. The summed E-state index contributed by atoms with van der Waals surface area (Å²) in [6, 6.07) is 17.5. The third-order valence-corrected chi connectivity index (χ3v) is 4.70. The summed E-state index contributed by atoms with van der Waals surface area (Å²) in [5.41, 5.74) is 4.21. The second-order valence-electron chi connectivity index (χ2n) is 6.31. The van der Waals surface area contributed by atoms with E-state index in [9.17, 15) is 0 Å². The summed E-state index contributed by atoms with van der Waals surface area (Å²) < 4.78 is 5.24. The Morgan fingerprint density at radius 2 is 1.59 bits per heavy atom. The molecule has 22 heavy (non-hydrogen) atoms. The number of ether oxygens (including phenoxy) is 1. The minimum Gasteiger partial charge on any atom is -0.497 e. The molecule has 2 heteroatoms. The van der Waals surface area contributed by atoms with Crippen LogP contribution in [0.1, 0.15) is 35.4 Å². The fourth-order valence-corrected chi connectivity index (χ4v) is 3.25. The topological polar surface area (TPSA) is 12.5 Å². The van der Waals surface area contributed by atoms with Crippen LogP contribution in [0.15, 0.2) is 48.5 Å². The van der Waals surface area contributed by atoms with Crippen molar-refractivity contribution >= 4 is 0 Å². The molecule has 1 heterocycles. The van der Waals surface area contributed by atoms with Crippen LogP contribution in [0.4, 0.5) is 0 Å². The third-order valence-electron chi connectivity index (χ3n) is 4.70. The number of likely N-dealkylation sites (tertiary alicyclic amines) is 1. The van der Waals surface area contributed by atoms with Crippen molar-refractivity contribution in [2.45, 2.75) is 32.2 Å². The van der Waals surface area contributed by atoms with E-state index in [1.165, 1.54) is 42.6 Å². The summed E-state index contributed by atoms with van der Waals surface area (Å²) in [5, 5.41) is 0. The number of piperidine rings is 1. The Kier molecular flexibility index (Phi) is 4.79. The van der Waals surface area contributed by atoms with Crippen molar-refractivity contribution in [3.63, 3.8) is 0 Å². The van der Waals surface area contributed by atoms with Gasteiger partial charge >= 0.3 is 0 Å². The van der Waals surface area contributed by atoms with Crippen LogP contribution >= 0.6 is 0 Å². The predicted octanol–water partition coefficient (Wildman–Crippen LogP) is 4.38. The van der Waals surface area contributed by atoms with Crippen LogP contribution in [-0.4, -0.2) is 25.1 Å². The molecule has 1 saturated heterocycles. The minimum absolute atomic E-state index is 0.695. The van der Waals surface area contributed by atoms with Gasteiger partial charge in [0.2, 0.25) is 0 Å². The number of rotatable bonds is 4. The molecular formula is C20H25NO.